The van der Waals surface area contributed by atoms with E-state index in [0.717, 1.165) is 16.4 Å². The molecule has 0 aliphatic heterocycles. The highest BCUT2D eigenvalue weighted by Gasteiger charge is 2.30. The quantitative estimate of drug-likeness (QED) is 0.775. The van der Waals surface area contributed by atoms with Gasteiger partial charge in [0.05, 0.1) is 5.69 Å². The Morgan fingerprint density at radius 3 is 2.05 bits per heavy atom. The molecule has 20 heavy (non-hydrogen) atoms. The molecule has 4 heteroatoms. The van der Waals surface area contributed by atoms with Gasteiger partial charge in [0.25, 0.3) is 0 Å². The van der Waals surface area contributed by atoms with Gasteiger partial charge in [0, 0.05) is 17.0 Å². The van der Waals surface area contributed by atoms with E-state index in [2.05, 4.69) is 63.6 Å². The van der Waals surface area contributed by atoms with Gasteiger partial charge in [-0.15, -0.1) is 16.4 Å². The van der Waals surface area contributed by atoms with Crippen LogP contribution in [0.5, 0.6) is 0 Å². The molecule has 0 amide bonds. The summed E-state index contributed by atoms with van der Waals surface area (Å²) < 4.78 is 0. The lowest BCUT2D eigenvalue weighted by Crippen LogP contribution is -2.26. The normalized spacial score (nSPS) is 12.8. The Kier molecular flexibility index (Phi) is 3.71. The molecular formula is C16H23N3S. The van der Waals surface area contributed by atoms with E-state index in [0.29, 0.717) is 0 Å². The minimum atomic E-state index is -0.0121. The first-order valence-corrected chi connectivity index (χ1v) is 7.78. The summed E-state index contributed by atoms with van der Waals surface area (Å²) in [4.78, 5) is 4.38. The van der Waals surface area contributed by atoms with Crippen LogP contribution in [0.4, 0.5) is 0 Å². The highest BCUT2D eigenvalue weighted by Crippen LogP contribution is 2.37. The number of aromatic nitrogens is 3. The number of hydrogen-bond donors (Lipinski definition) is 0. The van der Waals surface area contributed by atoms with Crippen molar-refractivity contribution in [3.05, 3.63) is 28.4 Å². The maximum absolute atomic E-state index is 4.55. The molecule has 0 aliphatic carbocycles. The van der Waals surface area contributed by atoms with Crippen LogP contribution in [0, 0.1) is 6.92 Å². The van der Waals surface area contributed by atoms with Crippen molar-refractivity contribution >= 4 is 11.3 Å². The van der Waals surface area contributed by atoms with Crippen LogP contribution in [0.2, 0.25) is 0 Å². The summed E-state index contributed by atoms with van der Waals surface area (Å²) in [5.74, 6) is 0. The van der Waals surface area contributed by atoms with E-state index in [-0.39, 0.29) is 10.8 Å². The van der Waals surface area contributed by atoms with Gasteiger partial charge in [0.15, 0.2) is 0 Å². The fourth-order valence-corrected chi connectivity index (χ4v) is 3.19. The van der Waals surface area contributed by atoms with Gasteiger partial charge in [-0.1, -0.05) is 41.5 Å². The highest BCUT2D eigenvalue weighted by atomic mass is 32.1. The van der Waals surface area contributed by atoms with Crippen LogP contribution in [0.25, 0.3) is 10.7 Å². The zero-order valence-corrected chi connectivity index (χ0v) is 14.2. The molecule has 0 saturated heterocycles. The van der Waals surface area contributed by atoms with Crippen LogP contribution in [0.1, 0.15) is 58.4 Å². The monoisotopic (exact) mass is 289 g/mol. The first-order chi connectivity index (χ1) is 9.12. The molecule has 108 valence electrons. The van der Waals surface area contributed by atoms with E-state index in [1.165, 1.54) is 11.1 Å². The Morgan fingerprint density at radius 2 is 1.60 bits per heavy atom. The average molecular weight is 289 g/mol. The van der Waals surface area contributed by atoms with Gasteiger partial charge in [0.2, 0.25) is 0 Å². The number of thiazole rings is 1. The summed E-state index contributed by atoms with van der Waals surface area (Å²) in [5, 5.41) is 11.9. The van der Waals surface area contributed by atoms with Crippen LogP contribution < -0.4 is 0 Å². The molecule has 0 unspecified atom stereocenters. The molecule has 2 aromatic rings. The third-order valence-electron chi connectivity index (χ3n) is 3.31. The number of rotatable bonds is 1. The molecule has 2 aromatic heterocycles. The summed E-state index contributed by atoms with van der Waals surface area (Å²) in [6.45, 7) is 15.4. The van der Waals surface area contributed by atoms with Crippen molar-refractivity contribution in [3.63, 3.8) is 0 Å². The molecule has 0 saturated carbocycles. The van der Waals surface area contributed by atoms with Gasteiger partial charge < -0.3 is 0 Å². The Morgan fingerprint density at radius 1 is 0.950 bits per heavy atom. The van der Waals surface area contributed by atoms with E-state index in [4.69, 9.17) is 0 Å². The lowest BCUT2D eigenvalue weighted by Gasteiger charge is -2.30. The van der Waals surface area contributed by atoms with Crippen molar-refractivity contribution in [1.29, 1.82) is 0 Å². The highest BCUT2D eigenvalue weighted by molar-refractivity contribution is 7.13. The van der Waals surface area contributed by atoms with Gasteiger partial charge in [-0.3, -0.25) is 0 Å². The van der Waals surface area contributed by atoms with E-state index < -0.39 is 0 Å². The fraction of sp³-hybridized carbons (Fsp3) is 0.562. The topological polar surface area (TPSA) is 38.7 Å². The van der Waals surface area contributed by atoms with E-state index in [1.807, 2.05) is 11.6 Å². The lowest BCUT2D eigenvalue weighted by molar-refractivity contribution is 0.503. The molecule has 3 nitrogen and oxygen atoms in total. The maximum atomic E-state index is 4.55. The second-order valence-corrected chi connectivity index (χ2v) is 8.13. The minimum absolute atomic E-state index is 0.0121. The van der Waals surface area contributed by atoms with Gasteiger partial charge in [-0.05, 0) is 23.5 Å². The Balaban J connectivity index is 2.75. The Bertz CT molecular complexity index is 602. The van der Waals surface area contributed by atoms with Crippen molar-refractivity contribution in [2.75, 3.05) is 0 Å². The second-order valence-electron chi connectivity index (χ2n) is 7.23. The molecule has 0 aromatic carbocycles. The van der Waals surface area contributed by atoms with Crippen molar-refractivity contribution in [3.8, 4) is 10.7 Å². The Hall–Kier alpha value is -1.29. The summed E-state index contributed by atoms with van der Waals surface area (Å²) in [7, 11) is 0. The zero-order chi connectivity index (χ0) is 15.1. The van der Waals surface area contributed by atoms with Crippen molar-refractivity contribution in [1.82, 2.24) is 15.2 Å². The minimum Gasteiger partial charge on any atom is -0.243 e. The SMILES string of the molecule is Cc1c(-c2nccs2)nnc(C(C)(C)C)c1C(C)(C)C. The molecule has 0 spiro atoms. The summed E-state index contributed by atoms with van der Waals surface area (Å²) >= 11 is 1.61. The average Bonchev–Trinajstić information content (AvgIpc) is 2.78. The number of hydrogen-bond acceptors (Lipinski definition) is 4. The molecule has 0 bridgehead atoms. The summed E-state index contributed by atoms with van der Waals surface area (Å²) in [5.41, 5.74) is 4.52. The van der Waals surface area contributed by atoms with Crippen LogP contribution in [0.15, 0.2) is 11.6 Å². The Labute approximate surface area is 125 Å². The third-order valence-corrected chi connectivity index (χ3v) is 4.09. The van der Waals surface area contributed by atoms with Crippen LogP contribution in [-0.2, 0) is 10.8 Å². The lowest BCUT2D eigenvalue weighted by atomic mass is 9.76. The van der Waals surface area contributed by atoms with Crippen LogP contribution in [-0.4, -0.2) is 15.2 Å². The van der Waals surface area contributed by atoms with Gasteiger partial charge >= 0.3 is 0 Å². The van der Waals surface area contributed by atoms with Crippen molar-refractivity contribution in [2.45, 2.75) is 59.3 Å². The maximum Gasteiger partial charge on any atom is 0.143 e. The van der Waals surface area contributed by atoms with Crippen LogP contribution >= 0.6 is 11.3 Å². The molecule has 0 fully saturated rings. The van der Waals surface area contributed by atoms with Crippen LogP contribution in [0.3, 0.4) is 0 Å². The van der Waals surface area contributed by atoms with E-state index in [1.54, 1.807) is 11.3 Å². The van der Waals surface area contributed by atoms with Gasteiger partial charge in [0.1, 0.15) is 10.7 Å². The molecular weight excluding hydrogens is 266 g/mol. The van der Waals surface area contributed by atoms with Gasteiger partial charge in [-0.25, -0.2) is 4.98 Å². The number of nitrogens with zero attached hydrogens (tertiary/aromatic N) is 3. The predicted octanol–water partition coefficient (Wildman–Crippen LogP) is 4.50. The molecule has 0 N–H and O–H groups in total. The fourth-order valence-electron chi connectivity index (χ4n) is 2.51. The van der Waals surface area contributed by atoms with Crippen molar-refractivity contribution < 1.29 is 0 Å². The summed E-state index contributed by atoms with van der Waals surface area (Å²) in [6.07, 6.45) is 1.82. The third kappa shape index (κ3) is 2.75. The second kappa shape index (κ2) is 4.92. The molecule has 2 rings (SSSR count). The molecule has 0 atom stereocenters. The molecule has 0 radical (unpaired) electrons. The summed E-state index contributed by atoms with van der Waals surface area (Å²) in [6, 6.07) is 0. The zero-order valence-electron chi connectivity index (χ0n) is 13.4. The smallest absolute Gasteiger partial charge is 0.143 e. The van der Waals surface area contributed by atoms with E-state index in [9.17, 15) is 0 Å². The molecule has 2 heterocycles. The largest absolute Gasteiger partial charge is 0.243 e. The first-order valence-electron chi connectivity index (χ1n) is 6.90. The van der Waals surface area contributed by atoms with Gasteiger partial charge in [-0.2, -0.15) is 5.10 Å². The first kappa shape index (κ1) is 15.1. The van der Waals surface area contributed by atoms with E-state index >= 15 is 0 Å². The van der Waals surface area contributed by atoms with Crippen molar-refractivity contribution in [2.24, 2.45) is 0 Å². The standard InChI is InChI=1S/C16H23N3S/c1-10-11(15(2,3)4)13(16(5,6)7)19-18-12(10)14-17-8-9-20-14/h8-9H,1-7H3. The predicted molar refractivity (Wildman–Crippen MR) is 85.3 cm³/mol. The molecule has 0 aliphatic rings.